The molecule has 1 heterocycles. The number of carbonyl (C=O) groups excluding carboxylic acids is 1. The molecule has 5 heteroatoms. The van der Waals surface area contributed by atoms with Gasteiger partial charge in [0.25, 0.3) is 0 Å². The second kappa shape index (κ2) is 4.14. The Bertz CT molecular complexity index is 213. The molecule has 0 aromatic heterocycles. The van der Waals surface area contributed by atoms with E-state index in [0.29, 0.717) is 13.2 Å². The number of primary amides is 1. The van der Waals surface area contributed by atoms with Gasteiger partial charge in [-0.15, -0.1) is 0 Å². The Kier molecular flexibility index (Phi) is 3.34. The Balaban J connectivity index is 2.47. The Morgan fingerprint density at radius 3 is 2.64 bits per heavy atom. The van der Waals surface area contributed by atoms with Crippen molar-refractivity contribution < 1.29 is 14.3 Å². The molecule has 0 spiro atoms. The van der Waals surface area contributed by atoms with Crippen LogP contribution < -0.4 is 11.1 Å². The topological polar surface area (TPSA) is 73.6 Å². The molecule has 0 aromatic rings. The summed E-state index contributed by atoms with van der Waals surface area (Å²) < 4.78 is 10.1. The normalized spacial score (nSPS) is 27.6. The molecule has 0 radical (unpaired) electrons. The molecule has 2 unspecified atom stereocenters. The van der Waals surface area contributed by atoms with E-state index in [1.54, 1.807) is 0 Å². The Hall–Kier alpha value is -0.810. The zero-order chi connectivity index (χ0) is 10.8. The van der Waals surface area contributed by atoms with Crippen molar-refractivity contribution in [3.05, 3.63) is 0 Å². The van der Waals surface area contributed by atoms with Crippen LogP contribution >= 0.6 is 0 Å². The van der Waals surface area contributed by atoms with Crippen molar-refractivity contribution in [1.29, 1.82) is 0 Å². The third-order valence-electron chi connectivity index (χ3n) is 1.91. The zero-order valence-corrected chi connectivity index (χ0v) is 8.87. The van der Waals surface area contributed by atoms with Crippen LogP contribution in [0.25, 0.3) is 0 Å². The van der Waals surface area contributed by atoms with E-state index in [2.05, 4.69) is 5.32 Å². The van der Waals surface area contributed by atoms with Crippen LogP contribution in [0, 0.1) is 0 Å². The maximum Gasteiger partial charge on any atom is 0.404 e. The number of hydrogen-bond donors (Lipinski definition) is 2. The molecule has 2 atom stereocenters. The highest BCUT2D eigenvalue weighted by molar-refractivity contribution is 5.64. The van der Waals surface area contributed by atoms with Crippen LogP contribution in [0.5, 0.6) is 0 Å². The summed E-state index contributed by atoms with van der Waals surface area (Å²) >= 11 is 0. The fourth-order valence-electron chi connectivity index (χ4n) is 1.49. The van der Waals surface area contributed by atoms with Gasteiger partial charge in [0.2, 0.25) is 0 Å². The number of ether oxygens (including phenoxy) is 2. The highest BCUT2D eigenvalue weighted by Crippen LogP contribution is 2.13. The van der Waals surface area contributed by atoms with Crippen molar-refractivity contribution in [3.8, 4) is 0 Å². The first-order chi connectivity index (χ1) is 6.38. The molecule has 82 valence electrons. The summed E-state index contributed by atoms with van der Waals surface area (Å²) in [6.45, 7) is 7.11. The molecule has 1 rings (SSSR count). The van der Waals surface area contributed by atoms with Gasteiger partial charge < -0.3 is 20.5 Å². The monoisotopic (exact) mass is 202 g/mol. The third kappa shape index (κ3) is 3.51. The first-order valence-electron chi connectivity index (χ1n) is 4.70. The molecule has 5 nitrogen and oxygen atoms in total. The number of nitrogens with two attached hydrogens (primary N) is 1. The molecule has 0 saturated carbocycles. The van der Waals surface area contributed by atoms with Crippen molar-refractivity contribution in [2.45, 2.75) is 38.5 Å². The van der Waals surface area contributed by atoms with Gasteiger partial charge in [0.05, 0.1) is 19.3 Å². The lowest BCUT2D eigenvalue weighted by Gasteiger charge is -2.27. The smallest absolute Gasteiger partial charge is 0.404 e. The molecule has 0 bridgehead atoms. The van der Waals surface area contributed by atoms with Gasteiger partial charge in [0.1, 0.15) is 6.10 Å². The van der Waals surface area contributed by atoms with Crippen molar-refractivity contribution in [3.63, 3.8) is 0 Å². The van der Waals surface area contributed by atoms with E-state index < -0.39 is 6.09 Å². The maximum absolute atomic E-state index is 10.6. The molecule has 1 amide bonds. The van der Waals surface area contributed by atoms with E-state index in [9.17, 15) is 4.79 Å². The van der Waals surface area contributed by atoms with Crippen molar-refractivity contribution >= 4 is 6.09 Å². The van der Waals surface area contributed by atoms with Gasteiger partial charge >= 0.3 is 6.09 Å². The molecule has 0 aliphatic carbocycles. The first kappa shape index (κ1) is 11.3. The summed E-state index contributed by atoms with van der Waals surface area (Å²) in [4.78, 5) is 10.6. The molecule has 3 N–H and O–H groups in total. The first-order valence-corrected chi connectivity index (χ1v) is 4.70. The minimum atomic E-state index is -0.749. The third-order valence-corrected chi connectivity index (χ3v) is 1.91. The predicted octanol–water partition coefficient (Wildman–Crippen LogP) is 0.237. The highest BCUT2D eigenvalue weighted by atomic mass is 16.6. The molecular formula is C9H18N2O3. The predicted molar refractivity (Wildman–Crippen MR) is 52.0 cm³/mol. The number of nitrogens with one attached hydrogen (secondary N) is 1. The fraction of sp³-hybridized carbons (Fsp3) is 0.889. The summed E-state index contributed by atoms with van der Waals surface area (Å²) in [7, 11) is 0. The lowest BCUT2D eigenvalue weighted by molar-refractivity contribution is 0.0806. The van der Waals surface area contributed by atoms with Gasteiger partial charge in [-0.1, -0.05) is 0 Å². The number of hydrogen-bond acceptors (Lipinski definition) is 4. The molecule has 1 aliphatic rings. The molecule has 1 saturated heterocycles. The summed E-state index contributed by atoms with van der Waals surface area (Å²) in [5.74, 6) is 0. The Labute approximate surface area is 83.9 Å². The van der Waals surface area contributed by atoms with E-state index in [0.717, 1.165) is 0 Å². The number of rotatable bonds is 2. The molecule has 0 aromatic carbocycles. The molecular weight excluding hydrogens is 184 g/mol. The number of amides is 1. The van der Waals surface area contributed by atoms with Gasteiger partial charge in [0, 0.05) is 5.54 Å². The van der Waals surface area contributed by atoms with Crippen LogP contribution in [0.3, 0.4) is 0 Å². The van der Waals surface area contributed by atoms with Gasteiger partial charge in [0.15, 0.2) is 0 Å². The van der Waals surface area contributed by atoms with Gasteiger partial charge in [-0.25, -0.2) is 4.79 Å². The Morgan fingerprint density at radius 1 is 1.50 bits per heavy atom. The Morgan fingerprint density at radius 2 is 2.14 bits per heavy atom. The van der Waals surface area contributed by atoms with Crippen LogP contribution in [0.15, 0.2) is 0 Å². The van der Waals surface area contributed by atoms with Crippen LogP contribution in [0.1, 0.15) is 20.8 Å². The lowest BCUT2D eigenvalue weighted by atomic mass is 10.1. The van der Waals surface area contributed by atoms with Gasteiger partial charge in [-0.05, 0) is 20.8 Å². The van der Waals surface area contributed by atoms with Crippen LogP contribution in [0.2, 0.25) is 0 Å². The minimum absolute atomic E-state index is 0.0301. The summed E-state index contributed by atoms with van der Waals surface area (Å²) in [6, 6.07) is 0.0301. The van der Waals surface area contributed by atoms with Crippen molar-refractivity contribution in [2.24, 2.45) is 5.73 Å². The van der Waals surface area contributed by atoms with Gasteiger partial charge in [-0.3, -0.25) is 0 Å². The fourth-order valence-corrected chi connectivity index (χ4v) is 1.49. The highest BCUT2D eigenvalue weighted by Gasteiger charge is 2.33. The van der Waals surface area contributed by atoms with E-state index in [1.165, 1.54) is 0 Å². The average molecular weight is 202 g/mol. The van der Waals surface area contributed by atoms with E-state index in [1.807, 2.05) is 20.8 Å². The SMILES string of the molecule is CC(C)(C)NC1COCC1OC(N)=O. The van der Waals surface area contributed by atoms with Gasteiger partial charge in [-0.2, -0.15) is 0 Å². The quantitative estimate of drug-likeness (QED) is 0.672. The summed E-state index contributed by atoms with van der Waals surface area (Å²) in [5, 5.41) is 3.32. The second-order valence-electron chi connectivity index (χ2n) is 4.51. The number of carbonyl (C=O) groups is 1. The largest absolute Gasteiger partial charge is 0.442 e. The second-order valence-corrected chi connectivity index (χ2v) is 4.51. The average Bonchev–Trinajstić information content (AvgIpc) is 2.32. The van der Waals surface area contributed by atoms with Crippen LogP contribution in [-0.2, 0) is 9.47 Å². The summed E-state index contributed by atoms with van der Waals surface area (Å²) in [6.07, 6.45) is -1.02. The van der Waals surface area contributed by atoms with Crippen molar-refractivity contribution in [2.75, 3.05) is 13.2 Å². The maximum atomic E-state index is 10.6. The van der Waals surface area contributed by atoms with E-state index in [-0.39, 0.29) is 17.7 Å². The zero-order valence-electron chi connectivity index (χ0n) is 8.87. The molecule has 14 heavy (non-hydrogen) atoms. The van der Waals surface area contributed by atoms with E-state index in [4.69, 9.17) is 15.2 Å². The van der Waals surface area contributed by atoms with E-state index >= 15 is 0 Å². The minimum Gasteiger partial charge on any atom is -0.442 e. The van der Waals surface area contributed by atoms with Crippen LogP contribution in [-0.4, -0.2) is 37.0 Å². The van der Waals surface area contributed by atoms with Crippen LogP contribution in [0.4, 0.5) is 4.79 Å². The summed E-state index contributed by atoms with van der Waals surface area (Å²) in [5.41, 5.74) is 4.92. The van der Waals surface area contributed by atoms with Crippen molar-refractivity contribution in [1.82, 2.24) is 5.32 Å². The lowest BCUT2D eigenvalue weighted by Crippen LogP contribution is -2.50. The molecule has 1 aliphatic heterocycles. The molecule has 1 fully saturated rings. The standard InChI is InChI=1S/C9H18N2O3/c1-9(2,3)11-6-4-13-5-7(6)14-8(10)12/h6-7,11H,4-5H2,1-3H3,(H2,10,12).